The SMILES string of the molecule is Cc1c(Br)c(C(=O)Nc2c(F)c(F)c(F)c(F)c2F)nn1C. The van der Waals surface area contributed by atoms with Crippen LogP contribution in [-0.4, -0.2) is 15.7 Å². The van der Waals surface area contributed by atoms with Crippen LogP contribution in [0, 0.1) is 36.0 Å². The van der Waals surface area contributed by atoms with E-state index in [0.29, 0.717) is 5.69 Å². The van der Waals surface area contributed by atoms with Gasteiger partial charge in [0.15, 0.2) is 29.0 Å². The van der Waals surface area contributed by atoms with Crippen LogP contribution in [0.3, 0.4) is 0 Å². The summed E-state index contributed by atoms with van der Waals surface area (Å²) in [6, 6.07) is 0. The number of aryl methyl sites for hydroxylation is 1. The lowest BCUT2D eigenvalue weighted by molar-refractivity contribution is 0.101. The van der Waals surface area contributed by atoms with E-state index >= 15 is 0 Å². The van der Waals surface area contributed by atoms with E-state index in [2.05, 4.69) is 21.0 Å². The number of amides is 1. The summed E-state index contributed by atoms with van der Waals surface area (Å²) in [5, 5.41) is 5.42. The van der Waals surface area contributed by atoms with Gasteiger partial charge in [0.1, 0.15) is 5.69 Å². The Labute approximate surface area is 129 Å². The summed E-state index contributed by atoms with van der Waals surface area (Å²) >= 11 is 3.05. The maximum atomic E-state index is 13.5. The number of carbonyl (C=O) groups excluding carboxylic acids is 1. The first kappa shape index (κ1) is 16.4. The quantitative estimate of drug-likeness (QED) is 0.490. The lowest BCUT2D eigenvalue weighted by Gasteiger charge is -2.09. The van der Waals surface area contributed by atoms with Gasteiger partial charge in [0.25, 0.3) is 5.91 Å². The van der Waals surface area contributed by atoms with E-state index in [1.165, 1.54) is 11.7 Å². The number of nitrogens with zero attached hydrogens (tertiary/aromatic N) is 2. The van der Waals surface area contributed by atoms with E-state index < -0.39 is 40.7 Å². The molecule has 1 aromatic heterocycles. The number of aromatic nitrogens is 2. The van der Waals surface area contributed by atoms with Crippen molar-refractivity contribution >= 4 is 27.5 Å². The Bertz CT molecular complexity index is 761. The van der Waals surface area contributed by atoms with Gasteiger partial charge in [-0.2, -0.15) is 5.10 Å². The predicted molar refractivity (Wildman–Crippen MR) is 69.8 cm³/mol. The highest BCUT2D eigenvalue weighted by molar-refractivity contribution is 9.10. The first-order chi connectivity index (χ1) is 10.2. The molecule has 22 heavy (non-hydrogen) atoms. The molecule has 1 heterocycles. The van der Waals surface area contributed by atoms with Gasteiger partial charge in [-0.3, -0.25) is 9.48 Å². The van der Waals surface area contributed by atoms with Crippen molar-refractivity contribution in [3.63, 3.8) is 0 Å². The molecule has 0 saturated carbocycles. The van der Waals surface area contributed by atoms with E-state index in [9.17, 15) is 26.7 Å². The number of nitrogens with one attached hydrogen (secondary N) is 1. The summed E-state index contributed by atoms with van der Waals surface area (Å²) in [5.41, 5.74) is -1.16. The first-order valence-corrected chi connectivity index (χ1v) is 6.48. The number of carbonyl (C=O) groups is 1. The van der Waals surface area contributed by atoms with Gasteiger partial charge in [0.2, 0.25) is 5.82 Å². The smallest absolute Gasteiger partial charge is 0.277 e. The lowest BCUT2D eigenvalue weighted by Crippen LogP contribution is -2.18. The van der Waals surface area contributed by atoms with Gasteiger partial charge in [-0.25, -0.2) is 22.0 Å². The van der Waals surface area contributed by atoms with Crippen LogP contribution in [0.4, 0.5) is 27.6 Å². The maximum absolute atomic E-state index is 13.5. The molecule has 0 aliphatic heterocycles. The third-order valence-corrected chi connectivity index (χ3v) is 3.87. The van der Waals surface area contributed by atoms with E-state index in [-0.39, 0.29) is 10.2 Å². The summed E-state index contributed by atoms with van der Waals surface area (Å²) in [4.78, 5) is 11.9. The Kier molecular flexibility index (Phi) is 4.23. The molecule has 118 valence electrons. The lowest BCUT2D eigenvalue weighted by atomic mass is 10.2. The number of rotatable bonds is 2. The Morgan fingerprint density at radius 3 is 1.91 bits per heavy atom. The highest BCUT2D eigenvalue weighted by Crippen LogP contribution is 2.28. The molecule has 0 unspecified atom stereocenters. The van der Waals surface area contributed by atoms with E-state index in [0.717, 1.165) is 0 Å². The van der Waals surface area contributed by atoms with Gasteiger partial charge in [-0.05, 0) is 22.9 Å². The van der Waals surface area contributed by atoms with Crippen LogP contribution < -0.4 is 5.32 Å². The second-order valence-corrected chi connectivity index (χ2v) is 5.06. The number of benzene rings is 1. The Morgan fingerprint density at radius 2 is 1.50 bits per heavy atom. The Balaban J connectivity index is 2.47. The molecule has 1 N–H and O–H groups in total. The number of hydrogen-bond donors (Lipinski definition) is 1. The van der Waals surface area contributed by atoms with Gasteiger partial charge >= 0.3 is 0 Å². The third kappa shape index (κ3) is 2.47. The highest BCUT2D eigenvalue weighted by atomic mass is 79.9. The minimum absolute atomic E-state index is 0.233. The van der Waals surface area contributed by atoms with Crippen LogP contribution in [-0.2, 0) is 7.05 Å². The number of halogens is 6. The molecular weight excluding hydrogens is 377 g/mol. The second-order valence-electron chi connectivity index (χ2n) is 4.27. The molecule has 0 spiro atoms. The maximum Gasteiger partial charge on any atom is 0.277 e. The second kappa shape index (κ2) is 5.67. The van der Waals surface area contributed by atoms with E-state index in [1.54, 1.807) is 12.2 Å². The minimum atomic E-state index is -2.30. The molecule has 10 heteroatoms. The molecule has 4 nitrogen and oxygen atoms in total. The molecule has 0 atom stereocenters. The van der Waals surface area contributed by atoms with Crippen molar-refractivity contribution in [2.24, 2.45) is 7.05 Å². The van der Waals surface area contributed by atoms with Crippen LogP contribution in [0.2, 0.25) is 0 Å². The van der Waals surface area contributed by atoms with Crippen molar-refractivity contribution in [2.75, 3.05) is 5.32 Å². The molecule has 1 amide bonds. The topological polar surface area (TPSA) is 46.9 Å². The molecule has 2 rings (SSSR count). The zero-order valence-corrected chi connectivity index (χ0v) is 12.7. The van der Waals surface area contributed by atoms with Crippen molar-refractivity contribution < 1.29 is 26.7 Å². The van der Waals surface area contributed by atoms with Crippen molar-refractivity contribution in [1.82, 2.24) is 9.78 Å². The van der Waals surface area contributed by atoms with Crippen molar-refractivity contribution in [3.05, 3.63) is 44.9 Å². The van der Waals surface area contributed by atoms with Crippen molar-refractivity contribution in [2.45, 2.75) is 6.92 Å². The van der Waals surface area contributed by atoms with Gasteiger partial charge in [-0.15, -0.1) is 0 Å². The fourth-order valence-corrected chi connectivity index (χ4v) is 2.13. The normalized spacial score (nSPS) is 10.9. The summed E-state index contributed by atoms with van der Waals surface area (Å²) in [6.07, 6.45) is 0. The number of anilines is 1. The molecule has 0 aliphatic rings. The summed E-state index contributed by atoms with van der Waals surface area (Å²) < 4.78 is 67.6. The van der Waals surface area contributed by atoms with Gasteiger partial charge in [-0.1, -0.05) is 0 Å². The average molecular weight is 384 g/mol. The van der Waals surface area contributed by atoms with Crippen LogP contribution in [0.15, 0.2) is 4.47 Å². The predicted octanol–water partition coefficient (Wildman–Crippen LogP) is 3.44. The average Bonchev–Trinajstić information content (AvgIpc) is 2.75. The first-order valence-electron chi connectivity index (χ1n) is 5.68. The fourth-order valence-electron chi connectivity index (χ4n) is 1.61. The molecule has 0 bridgehead atoms. The van der Waals surface area contributed by atoms with Gasteiger partial charge < -0.3 is 5.32 Å². The minimum Gasteiger partial charge on any atom is -0.315 e. The Morgan fingerprint density at radius 1 is 1.05 bits per heavy atom. The van der Waals surface area contributed by atoms with Crippen LogP contribution in [0.1, 0.15) is 16.2 Å². The zero-order chi connectivity index (χ0) is 16.8. The largest absolute Gasteiger partial charge is 0.315 e. The summed E-state index contributed by atoms with van der Waals surface area (Å²) in [6.45, 7) is 1.60. The number of hydrogen-bond acceptors (Lipinski definition) is 2. The van der Waals surface area contributed by atoms with Crippen molar-refractivity contribution in [3.8, 4) is 0 Å². The molecular formula is C12H7BrF5N3O. The van der Waals surface area contributed by atoms with Gasteiger partial charge in [0.05, 0.1) is 10.2 Å². The van der Waals surface area contributed by atoms with Crippen LogP contribution in [0.25, 0.3) is 0 Å². The summed E-state index contributed by atoms with van der Waals surface area (Å²) in [5.74, 6) is -12.0. The van der Waals surface area contributed by atoms with Gasteiger partial charge in [0, 0.05) is 7.05 Å². The molecule has 0 aliphatic carbocycles. The van der Waals surface area contributed by atoms with E-state index in [4.69, 9.17) is 0 Å². The van der Waals surface area contributed by atoms with Crippen LogP contribution >= 0.6 is 15.9 Å². The third-order valence-electron chi connectivity index (χ3n) is 2.92. The molecule has 0 saturated heterocycles. The standard InChI is InChI=1S/C12H7BrF5N3O/c1-3-4(13)10(20-21(3)2)12(22)19-11-8(17)6(15)5(14)7(16)9(11)18/h1-2H3,(H,19,22). The molecule has 2 aromatic rings. The van der Waals surface area contributed by atoms with Crippen molar-refractivity contribution in [1.29, 1.82) is 0 Å². The monoisotopic (exact) mass is 383 g/mol. The molecule has 1 aromatic carbocycles. The van der Waals surface area contributed by atoms with E-state index in [1.807, 2.05) is 0 Å². The fraction of sp³-hybridized carbons (Fsp3) is 0.167. The van der Waals surface area contributed by atoms with Crippen LogP contribution in [0.5, 0.6) is 0 Å². The molecule has 0 radical (unpaired) electrons. The zero-order valence-electron chi connectivity index (χ0n) is 11.1. The summed E-state index contributed by atoms with van der Waals surface area (Å²) in [7, 11) is 1.51. The molecule has 0 fully saturated rings. The Hall–Kier alpha value is -1.97. The highest BCUT2D eigenvalue weighted by Gasteiger charge is 2.28.